The van der Waals surface area contributed by atoms with Gasteiger partial charge in [-0.05, 0) is 58.0 Å². The standard InChI is InChI=1S/C16H9BrClF5N2O2S/c17-8-6-7(28-16(22,23)14(18)21)4-5-11(8)24-15(27)25-13(26)12-9(19)2-1-3-10(12)20/h1-6,14H,(H2,24,25,26,27). The number of hydrogen-bond acceptors (Lipinski definition) is 3. The van der Waals surface area contributed by atoms with E-state index in [1.807, 2.05) is 0 Å². The molecule has 0 spiro atoms. The van der Waals surface area contributed by atoms with Crippen LogP contribution in [0.5, 0.6) is 0 Å². The first kappa shape index (κ1) is 22.4. The van der Waals surface area contributed by atoms with Crippen molar-refractivity contribution in [2.75, 3.05) is 5.32 Å². The lowest BCUT2D eigenvalue weighted by Gasteiger charge is -2.16. The average Bonchev–Trinajstić information content (AvgIpc) is 2.56. The molecule has 1 atom stereocenters. The van der Waals surface area contributed by atoms with Crippen molar-refractivity contribution < 1.29 is 31.5 Å². The van der Waals surface area contributed by atoms with Crippen molar-refractivity contribution in [3.63, 3.8) is 0 Å². The second-order valence-electron chi connectivity index (χ2n) is 5.11. The molecule has 0 bridgehead atoms. The van der Waals surface area contributed by atoms with Crippen LogP contribution in [-0.2, 0) is 0 Å². The van der Waals surface area contributed by atoms with E-state index in [0.717, 1.165) is 30.3 Å². The molecule has 150 valence electrons. The van der Waals surface area contributed by atoms with Crippen LogP contribution in [0.3, 0.4) is 0 Å². The summed E-state index contributed by atoms with van der Waals surface area (Å²) in [7, 11) is 0. The molecule has 0 heterocycles. The van der Waals surface area contributed by atoms with Crippen LogP contribution in [0.2, 0.25) is 0 Å². The zero-order chi connectivity index (χ0) is 21.1. The molecule has 0 radical (unpaired) electrons. The number of hydrogen-bond donors (Lipinski definition) is 2. The van der Waals surface area contributed by atoms with Crippen molar-refractivity contribution in [2.45, 2.75) is 15.8 Å². The number of thioether (sulfide) groups is 1. The van der Waals surface area contributed by atoms with Crippen molar-refractivity contribution in [3.05, 3.63) is 58.1 Å². The average molecular weight is 504 g/mol. The van der Waals surface area contributed by atoms with Crippen LogP contribution in [0.4, 0.5) is 32.4 Å². The first-order chi connectivity index (χ1) is 13.0. The highest BCUT2D eigenvalue weighted by Crippen LogP contribution is 2.42. The van der Waals surface area contributed by atoms with Crippen LogP contribution < -0.4 is 10.6 Å². The molecule has 0 aliphatic rings. The van der Waals surface area contributed by atoms with Crippen molar-refractivity contribution >= 4 is 56.9 Å². The lowest BCUT2D eigenvalue weighted by atomic mass is 10.2. The van der Waals surface area contributed by atoms with Gasteiger partial charge in [-0.3, -0.25) is 10.1 Å². The van der Waals surface area contributed by atoms with E-state index in [9.17, 15) is 31.5 Å². The zero-order valence-electron chi connectivity index (χ0n) is 13.4. The van der Waals surface area contributed by atoms with Crippen LogP contribution in [-0.4, -0.2) is 22.8 Å². The summed E-state index contributed by atoms with van der Waals surface area (Å²) in [5, 5.41) is 0.0709. The van der Waals surface area contributed by atoms with Gasteiger partial charge in [0.2, 0.25) is 5.63 Å². The largest absolute Gasteiger partial charge is 0.342 e. The molecule has 0 aromatic heterocycles. The summed E-state index contributed by atoms with van der Waals surface area (Å²) >= 11 is 7.67. The second-order valence-corrected chi connectivity index (χ2v) is 7.57. The molecule has 2 aromatic rings. The minimum atomic E-state index is -3.87. The maximum absolute atomic E-state index is 13.5. The molecule has 4 nitrogen and oxygen atoms in total. The van der Waals surface area contributed by atoms with Gasteiger partial charge in [-0.2, -0.15) is 8.78 Å². The summed E-state index contributed by atoms with van der Waals surface area (Å²) in [5.41, 5.74) is -3.79. The van der Waals surface area contributed by atoms with Gasteiger partial charge in [-0.1, -0.05) is 17.7 Å². The molecular weight excluding hydrogens is 495 g/mol. The monoisotopic (exact) mass is 502 g/mol. The summed E-state index contributed by atoms with van der Waals surface area (Å²) < 4.78 is 66.5. The molecule has 0 aliphatic carbocycles. The fraction of sp³-hybridized carbons (Fsp3) is 0.125. The Hall–Kier alpha value is -1.85. The summed E-state index contributed by atoms with van der Waals surface area (Å²) in [6, 6.07) is 5.13. The molecule has 2 N–H and O–H groups in total. The van der Waals surface area contributed by atoms with Crippen LogP contribution in [0, 0.1) is 11.6 Å². The highest BCUT2D eigenvalue weighted by atomic mass is 79.9. The van der Waals surface area contributed by atoms with Crippen molar-refractivity contribution in [1.82, 2.24) is 5.32 Å². The molecule has 0 aliphatic heterocycles. The lowest BCUT2D eigenvalue weighted by Crippen LogP contribution is -2.35. The molecule has 28 heavy (non-hydrogen) atoms. The summed E-state index contributed by atoms with van der Waals surface area (Å²) in [6.07, 6.45) is 0. The van der Waals surface area contributed by atoms with Gasteiger partial charge in [-0.25, -0.2) is 18.0 Å². The summed E-state index contributed by atoms with van der Waals surface area (Å²) in [4.78, 5) is 23.7. The van der Waals surface area contributed by atoms with E-state index in [-0.39, 0.29) is 26.8 Å². The van der Waals surface area contributed by atoms with Gasteiger partial charge < -0.3 is 5.32 Å². The normalized spacial score (nSPS) is 12.4. The molecule has 12 heteroatoms. The van der Waals surface area contributed by atoms with Crippen LogP contribution in [0.15, 0.2) is 45.8 Å². The van der Waals surface area contributed by atoms with Crippen molar-refractivity contribution in [2.24, 2.45) is 0 Å². The number of imide groups is 1. The van der Waals surface area contributed by atoms with E-state index in [1.54, 1.807) is 5.32 Å². The van der Waals surface area contributed by atoms with E-state index in [4.69, 9.17) is 11.6 Å². The Morgan fingerprint density at radius 2 is 1.75 bits per heavy atom. The maximum atomic E-state index is 13.5. The number of alkyl halides is 4. The van der Waals surface area contributed by atoms with Crippen LogP contribution >= 0.6 is 39.3 Å². The van der Waals surface area contributed by atoms with Gasteiger partial charge in [-0.15, -0.1) is 0 Å². The van der Waals surface area contributed by atoms with Gasteiger partial charge in [0.05, 0.1) is 5.69 Å². The Bertz CT molecular complexity index is 896. The first-order valence-corrected chi connectivity index (χ1v) is 9.26. The molecule has 1 unspecified atom stereocenters. The van der Waals surface area contributed by atoms with Crippen molar-refractivity contribution in [3.8, 4) is 0 Å². The maximum Gasteiger partial charge on any atom is 0.342 e. The fourth-order valence-electron chi connectivity index (χ4n) is 1.90. The summed E-state index contributed by atoms with van der Waals surface area (Å²) in [6.45, 7) is 0. The number of halogens is 7. The Labute approximate surface area is 172 Å². The molecule has 0 fully saturated rings. The van der Waals surface area contributed by atoms with Gasteiger partial charge in [0.15, 0.2) is 0 Å². The van der Waals surface area contributed by atoms with E-state index in [2.05, 4.69) is 21.2 Å². The van der Waals surface area contributed by atoms with E-state index >= 15 is 0 Å². The number of nitrogens with one attached hydrogen (secondary N) is 2. The topological polar surface area (TPSA) is 58.2 Å². The molecule has 3 amide bonds. The van der Waals surface area contributed by atoms with Crippen molar-refractivity contribution in [1.29, 1.82) is 0 Å². The lowest BCUT2D eigenvalue weighted by molar-refractivity contribution is 0.0537. The van der Waals surface area contributed by atoms with Crippen LogP contribution in [0.25, 0.3) is 0 Å². The number of anilines is 1. The Kier molecular flexibility index (Phi) is 7.29. The number of amides is 3. The molecule has 0 saturated carbocycles. The molecule has 2 aromatic carbocycles. The van der Waals surface area contributed by atoms with Gasteiger partial charge in [0.1, 0.15) is 17.2 Å². The van der Waals surface area contributed by atoms with Gasteiger partial charge in [0, 0.05) is 9.37 Å². The zero-order valence-corrected chi connectivity index (χ0v) is 16.6. The predicted molar refractivity (Wildman–Crippen MR) is 98.5 cm³/mol. The number of rotatable bonds is 5. The number of carbonyl (C=O) groups excluding carboxylic acids is 2. The molecule has 0 saturated heterocycles. The Balaban J connectivity index is 2.07. The third-order valence-electron chi connectivity index (χ3n) is 3.11. The van der Waals surface area contributed by atoms with E-state index < -0.39 is 40.0 Å². The highest BCUT2D eigenvalue weighted by Gasteiger charge is 2.40. The second kappa shape index (κ2) is 9.10. The van der Waals surface area contributed by atoms with Gasteiger partial charge >= 0.3 is 11.3 Å². The summed E-state index contributed by atoms with van der Waals surface area (Å²) in [5.74, 6) is -3.62. The Morgan fingerprint density at radius 3 is 2.29 bits per heavy atom. The number of carbonyl (C=O) groups is 2. The minimum Gasteiger partial charge on any atom is -0.307 e. The van der Waals surface area contributed by atoms with Gasteiger partial charge in [0.25, 0.3) is 5.91 Å². The highest BCUT2D eigenvalue weighted by molar-refractivity contribution is 9.10. The van der Waals surface area contributed by atoms with E-state index in [0.29, 0.717) is 0 Å². The third kappa shape index (κ3) is 5.58. The molecular formula is C16H9BrClF5N2O2S. The predicted octanol–water partition coefficient (Wildman–Crippen LogP) is 5.91. The quantitative estimate of drug-likeness (QED) is 0.303. The third-order valence-corrected chi connectivity index (χ3v) is 5.14. The SMILES string of the molecule is O=C(NC(=O)c1c(F)cccc1F)Nc1ccc(SC(F)(F)C(F)Cl)cc1Br. The first-order valence-electron chi connectivity index (χ1n) is 7.22. The van der Waals surface area contributed by atoms with Crippen LogP contribution in [0.1, 0.15) is 10.4 Å². The van der Waals surface area contributed by atoms with E-state index in [1.165, 1.54) is 6.07 Å². The number of benzene rings is 2. The number of urea groups is 1. The smallest absolute Gasteiger partial charge is 0.307 e. The molecule has 2 rings (SSSR count). The Morgan fingerprint density at radius 1 is 1.14 bits per heavy atom. The minimum absolute atomic E-state index is 0.0506. The fourth-order valence-corrected chi connectivity index (χ4v) is 3.38.